The largest absolute Gasteiger partial charge is 0.480 e. The number of amides is 1. The summed E-state index contributed by atoms with van der Waals surface area (Å²) >= 11 is 12.2. The fraction of sp³-hybridized carbons (Fsp3) is 0.172. The summed E-state index contributed by atoms with van der Waals surface area (Å²) < 4.78 is 28.8. The third kappa shape index (κ3) is 6.53. The minimum Gasteiger partial charge on any atom is -0.480 e. The number of nitrogens with zero attached hydrogens (tertiary/aromatic N) is 1. The number of carboxylic acid groups (broad SMARTS) is 1. The van der Waals surface area contributed by atoms with Crippen molar-refractivity contribution in [3.05, 3.63) is 101 Å². The summed E-state index contributed by atoms with van der Waals surface area (Å²) in [5.74, 6) is -1.57. The molecule has 202 valence electrons. The molecule has 0 aliphatic heterocycles. The van der Waals surface area contributed by atoms with Crippen LogP contribution in [0, 0.1) is 0 Å². The van der Waals surface area contributed by atoms with Crippen LogP contribution in [-0.4, -0.2) is 31.4 Å². The fourth-order valence-corrected chi connectivity index (χ4v) is 6.61. The Morgan fingerprint density at radius 1 is 0.897 bits per heavy atom. The van der Waals surface area contributed by atoms with Crippen LogP contribution in [0.15, 0.2) is 89.8 Å². The van der Waals surface area contributed by atoms with Gasteiger partial charge in [0.05, 0.1) is 10.6 Å². The molecule has 4 aromatic carbocycles. The number of sulfonamides is 1. The molecule has 0 saturated carbocycles. The number of unbranched alkanes of at least 4 members (excludes halogenated alkanes) is 1. The number of rotatable bonds is 10. The molecular weight excluding hydrogens is 559 g/mol. The highest BCUT2D eigenvalue weighted by Gasteiger charge is 2.36. The fourth-order valence-electron chi connectivity index (χ4n) is 4.26. The highest BCUT2D eigenvalue weighted by Crippen LogP contribution is 2.34. The van der Waals surface area contributed by atoms with Gasteiger partial charge in [0.15, 0.2) is 0 Å². The molecule has 0 heterocycles. The van der Waals surface area contributed by atoms with Crippen molar-refractivity contribution in [1.82, 2.24) is 0 Å². The number of fused-ring (bicyclic) bond motifs is 1. The zero-order valence-electron chi connectivity index (χ0n) is 21.0. The second-order valence-electron chi connectivity index (χ2n) is 8.97. The van der Waals surface area contributed by atoms with Crippen molar-refractivity contribution in [2.24, 2.45) is 0 Å². The van der Waals surface area contributed by atoms with Gasteiger partial charge in [0.2, 0.25) is 0 Å². The number of benzene rings is 4. The Bertz CT molecular complexity index is 1610. The maximum absolute atomic E-state index is 13.9. The van der Waals surface area contributed by atoms with Crippen LogP contribution >= 0.6 is 23.2 Å². The molecule has 0 saturated heterocycles. The third-order valence-electron chi connectivity index (χ3n) is 6.16. The minimum atomic E-state index is -4.39. The predicted octanol–water partition coefficient (Wildman–Crippen LogP) is 7.24. The van der Waals surface area contributed by atoms with Crippen LogP contribution in [-0.2, 0) is 14.8 Å². The van der Waals surface area contributed by atoms with E-state index in [1.165, 1.54) is 18.2 Å². The van der Waals surface area contributed by atoms with E-state index >= 15 is 0 Å². The van der Waals surface area contributed by atoms with Gasteiger partial charge in [-0.25, -0.2) is 13.2 Å². The number of hydrogen-bond acceptors (Lipinski definition) is 4. The summed E-state index contributed by atoms with van der Waals surface area (Å²) in [4.78, 5) is 24.8. The van der Waals surface area contributed by atoms with E-state index in [-0.39, 0.29) is 33.0 Å². The van der Waals surface area contributed by atoms with Gasteiger partial charge >= 0.3 is 5.97 Å². The van der Waals surface area contributed by atoms with Crippen LogP contribution in [0.2, 0.25) is 10.0 Å². The lowest BCUT2D eigenvalue weighted by atomic mass is 10.1. The van der Waals surface area contributed by atoms with E-state index in [2.05, 4.69) is 5.32 Å². The van der Waals surface area contributed by atoms with E-state index in [9.17, 15) is 23.1 Å². The van der Waals surface area contributed by atoms with Crippen LogP contribution in [0.25, 0.3) is 10.8 Å². The van der Waals surface area contributed by atoms with Crippen molar-refractivity contribution in [2.45, 2.75) is 37.1 Å². The average molecular weight is 586 g/mol. The molecule has 0 bridgehead atoms. The maximum Gasteiger partial charge on any atom is 0.327 e. The molecule has 1 atom stereocenters. The van der Waals surface area contributed by atoms with Crippen LogP contribution < -0.4 is 9.62 Å². The first-order valence-electron chi connectivity index (χ1n) is 12.2. The molecule has 10 heteroatoms. The average Bonchev–Trinajstić information content (AvgIpc) is 2.90. The Balaban J connectivity index is 1.81. The summed E-state index contributed by atoms with van der Waals surface area (Å²) in [6, 6.07) is 21.4. The summed E-state index contributed by atoms with van der Waals surface area (Å²) in [6.07, 6.45) is 1.29. The molecule has 0 fully saturated rings. The standard InChI is InChI=1S/C29H26Cl2N2O5S/c1-2-3-9-27(29(35)36)33(39(37,38)26-17-22(30)16-23(31)18-26)25-13-11-19-10-12-24(14-21(19)15-25)32-28(34)20-7-5-4-6-8-20/h4-8,10-18,27H,2-3,9H2,1H3,(H,32,34)(H,35,36). The number of hydrogen-bond donors (Lipinski definition) is 2. The van der Waals surface area contributed by atoms with Gasteiger partial charge in [-0.15, -0.1) is 0 Å². The second kappa shape index (κ2) is 12.1. The van der Waals surface area contributed by atoms with Crippen molar-refractivity contribution in [3.63, 3.8) is 0 Å². The highest BCUT2D eigenvalue weighted by molar-refractivity contribution is 7.93. The van der Waals surface area contributed by atoms with Crippen molar-refractivity contribution in [2.75, 3.05) is 9.62 Å². The Labute approximate surface area is 237 Å². The lowest BCUT2D eigenvalue weighted by molar-refractivity contribution is -0.138. The van der Waals surface area contributed by atoms with E-state index < -0.39 is 22.0 Å². The molecule has 39 heavy (non-hydrogen) atoms. The van der Waals surface area contributed by atoms with Crippen LogP contribution in [0.1, 0.15) is 36.5 Å². The van der Waals surface area contributed by atoms with Gasteiger partial charge in [-0.1, -0.05) is 73.3 Å². The number of carbonyl (C=O) groups is 2. The molecule has 1 unspecified atom stereocenters. The summed E-state index contributed by atoms with van der Waals surface area (Å²) in [6.45, 7) is 1.90. The first kappa shape index (κ1) is 28.4. The second-order valence-corrected chi connectivity index (χ2v) is 11.7. The van der Waals surface area contributed by atoms with E-state index in [1.807, 2.05) is 13.0 Å². The normalized spacial score (nSPS) is 12.2. The van der Waals surface area contributed by atoms with Crippen LogP contribution in [0.3, 0.4) is 0 Å². The van der Waals surface area contributed by atoms with Crippen LogP contribution in [0.5, 0.6) is 0 Å². The third-order valence-corrected chi connectivity index (χ3v) is 8.42. The van der Waals surface area contributed by atoms with Gasteiger partial charge in [-0.2, -0.15) is 0 Å². The SMILES string of the molecule is CCCCC(C(=O)O)N(c1ccc2ccc(NC(=O)c3ccccc3)cc2c1)S(=O)(=O)c1cc(Cl)cc(Cl)c1. The number of aliphatic carboxylic acids is 1. The van der Waals surface area contributed by atoms with Gasteiger partial charge in [-0.3, -0.25) is 9.10 Å². The quantitative estimate of drug-likeness (QED) is 0.204. The monoisotopic (exact) mass is 584 g/mol. The van der Waals surface area contributed by atoms with E-state index in [4.69, 9.17) is 23.2 Å². The molecule has 2 N–H and O–H groups in total. The van der Waals surface area contributed by atoms with Crippen molar-refractivity contribution in [3.8, 4) is 0 Å². The molecule has 0 aliphatic rings. The molecule has 0 aromatic heterocycles. The minimum absolute atomic E-state index is 0.102. The lowest BCUT2D eigenvalue weighted by Crippen LogP contribution is -2.45. The van der Waals surface area contributed by atoms with E-state index in [0.717, 1.165) is 9.69 Å². The van der Waals surface area contributed by atoms with E-state index in [1.54, 1.807) is 60.7 Å². The number of carboxylic acids is 1. The topological polar surface area (TPSA) is 104 Å². The van der Waals surface area contributed by atoms with Crippen molar-refractivity contribution < 1.29 is 23.1 Å². The number of nitrogens with one attached hydrogen (secondary N) is 1. The summed E-state index contributed by atoms with van der Waals surface area (Å²) in [5, 5.41) is 14.6. The molecule has 1 amide bonds. The lowest BCUT2D eigenvalue weighted by Gasteiger charge is -2.30. The zero-order chi connectivity index (χ0) is 28.2. The molecule has 0 spiro atoms. The van der Waals surface area contributed by atoms with Crippen LogP contribution in [0.4, 0.5) is 11.4 Å². The Morgan fingerprint density at radius 2 is 1.56 bits per heavy atom. The molecular formula is C29H26Cl2N2O5S. The predicted molar refractivity (Wildman–Crippen MR) is 155 cm³/mol. The Kier molecular flexibility index (Phi) is 8.80. The smallest absolute Gasteiger partial charge is 0.327 e. The molecule has 4 aromatic rings. The Hall–Kier alpha value is -3.59. The Morgan fingerprint density at radius 3 is 2.21 bits per heavy atom. The van der Waals surface area contributed by atoms with Gasteiger partial charge in [0.1, 0.15) is 6.04 Å². The maximum atomic E-state index is 13.9. The number of carbonyl (C=O) groups excluding carboxylic acids is 1. The first-order chi connectivity index (χ1) is 18.6. The molecule has 7 nitrogen and oxygen atoms in total. The first-order valence-corrected chi connectivity index (χ1v) is 14.4. The van der Waals surface area contributed by atoms with Gasteiger partial charge in [0, 0.05) is 21.3 Å². The molecule has 0 aliphatic carbocycles. The number of anilines is 2. The van der Waals surface area contributed by atoms with E-state index in [0.29, 0.717) is 29.5 Å². The highest BCUT2D eigenvalue weighted by atomic mass is 35.5. The molecule has 0 radical (unpaired) electrons. The molecule has 4 rings (SSSR count). The zero-order valence-corrected chi connectivity index (χ0v) is 23.3. The van der Waals surface area contributed by atoms with Gasteiger partial charge < -0.3 is 10.4 Å². The van der Waals surface area contributed by atoms with Crippen molar-refractivity contribution in [1.29, 1.82) is 0 Å². The summed E-state index contributed by atoms with van der Waals surface area (Å²) in [5.41, 5.74) is 1.16. The van der Waals surface area contributed by atoms with Gasteiger partial charge in [0.25, 0.3) is 15.9 Å². The number of halogens is 2. The summed E-state index contributed by atoms with van der Waals surface area (Å²) in [7, 11) is -4.39. The van der Waals surface area contributed by atoms with Gasteiger partial charge in [-0.05, 0) is 71.8 Å². The van der Waals surface area contributed by atoms with Crippen molar-refractivity contribution >= 4 is 67.2 Å².